The maximum absolute atomic E-state index is 9.95. The summed E-state index contributed by atoms with van der Waals surface area (Å²) in [4.78, 5) is 9.95. The second-order valence-corrected chi connectivity index (χ2v) is 1.93. The third-order valence-corrected chi connectivity index (χ3v) is 1.22. The van der Waals surface area contributed by atoms with E-state index in [4.69, 9.17) is 10.2 Å². The minimum absolute atomic E-state index is 0.0301. The first kappa shape index (κ1) is 7.40. The molecule has 0 atom stereocenters. The number of amides is 1. The first-order chi connectivity index (χ1) is 5.25. The van der Waals surface area contributed by atoms with E-state index in [1.54, 1.807) is 0 Å². The molecule has 0 heterocycles. The molecule has 0 aliphatic rings. The molecule has 1 amide bonds. The summed E-state index contributed by atoms with van der Waals surface area (Å²) in [5, 5.41) is 20.2. The molecule has 11 heavy (non-hydrogen) atoms. The Hall–Kier alpha value is -1.71. The number of para-hydroxylation sites is 1. The van der Waals surface area contributed by atoms with E-state index in [1.807, 2.05) is 0 Å². The monoisotopic (exact) mass is 153 g/mol. The number of hydrogen-bond acceptors (Lipinski definition) is 3. The zero-order valence-electron chi connectivity index (χ0n) is 5.61. The van der Waals surface area contributed by atoms with Crippen molar-refractivity contribution in [2.75, 3.05) is 5.32 Å². The Morgan fingerprint density at radius 2 is 1.82 bits per heavy atom. The predicted molar refractivity (Wildman–Crippen MR) is 39.5 cm³/mol. The largest absolute Gasteiger partial charge is 0.506 e. The second kappa shape index (κ2) is 2.92. The Kier molecular flexibility index (Phi) is 1.96. The lowest BCUT2D eigenvalue weighted by atomic mass is 10.3. The summed E-state index contributed by atoms with van der Waals surface area (Å²) in [6.45, 7) is 0. The van der Waals surface area contributed by atoms with E-state index in [2.05, 4.69) is 5.32 Å². The maximum Gasteiger partial charge on any atom is 0.211 e. The molecule has 0 fully saturated rings. The van der Waals surface area contributed by atoms with E-state index in [1.165, 1.54) is 18.2 Å². The summed E-state index contributed by atoms with van der Waals surface area (Å²) < 4.78 is 0. The number of carbonyl (C=O) groups is 1. The van der Waals surface area contributed by atoms with Crippen molar-refractivity contribution in [1.82, 2.24) is 0 Å². The van der Waals surface area contributed by atoms with Gasteiger partial charge in [0, 0.05) is 0 Å². The van der Waals surface area contributed by atoms with Crippen molar-refractivity contribution in [1.29, 1.82) is 0 Å². The smallest absolute Gasteiger partial charge is 0.211 e. The van der Waals surface area contributed by atoms with Gasteiger partial charge in [0.15, 0.2) is 0 Å². The molecule has 4 heteroatoms. The average molecular weight is 153 g/mol. The van der Waals surface area contributed by atoms with Crippen molar-refractivity contribution in [3.8, 4) is 11.5 Å². The van der Waals surface area contributed by atoms with E-state index in [9.17, 15) is 4.79 Å². The van der Waals surface area contributed by atoms with E-state index >= 15 is 0 Å². The first-order valence-electron chi connectivity index (χ1n) is 2.97. The Morgan fingerprint density at radius 1 is 1.27 bits per heavy atom. The molecule has 58 valence electrons. The summed E-state index contributed by atoms with van der Waals surface area (Å²) >= 11 is 0. The van der Waals surface area contributed by atoms with Crippen LogP contribution in [0.15, 0.2) is 18.2 Å². The van der Waals surface area contributed by atoms with Crippen LogP contribution < -0.4 is 5.32 Å². The van der Waals surface area contributed by atoms with Crippen molar-refractivity contribution in [3.63, 3.8) is 0 Å². The summed E-state index contributed by atoms with van der Waals surface area (Å²) in [5.74, 6) is -0.311. The number of hydrogen-bond donors (Lipinski definition) is 3. The number of carbonyl (C=O) groups excluding carboxylic acids is 1. The molecule has 0 spiro atoms. The Bertz CT molecular complexity index is 252. The fourth-order valence-electron chi connectivity index (χ4n) is 0.735. The zero-order chi connectivity index (χ0) is 8.27. The van der Waals surface area contributed by atoms with Crippen LogP contribution in [0, 0.1) is 0 Å². The van der Waals surface area contributed by atoms with Gasteiger partial charge in [0.2, 0.25) is 6.41 Å². The van der Waals surface area contributed by atoms with Crippen LogP contribution in [0.5, 0.6) is 11.5 Å². The number of rotatable bonds is 2. The number of phenols is 2. The number of nitrogens with one attached hydrogen (secondary N) is 1. The van der Waals surface area contributed by atoms with Gasteiger partial charge in [-0.25, -0.2) is 0 Å². The van der Waals surface area contributed by atoms with Gasteiger partial charge in [-0.1, -0.05) is 6.07 Å². The van der Waals surface area contributed by atoms with Gasteiger partial charge in [-0.05, 0) is 12.1 Å². The van der Waals surface area contributed by atoms with Gasteiger partial charge < -0.3 is 15.5 Å². The number of anilines is 1. The highest BCUT2D eigenvalue weighted by atomic mass is 16.3. The van der Waals surface area contributed by atoms with E-state index < -0.39 is 0 Å². The molecule has 0 saturated heterocycles. The van der Waals surface area contributed by atoms with Crippen molar-refractivity contribution < 1.29 is 15.0 Å². The van der Waals surface area contributed by atoms with Crippen molar-refractivity contribution in [2.24, 2.45) is 0 Å². The molecule has 0 aliphatic carbocycles. The number of benzene rings is 1. The minimum Gasteiger partial charge on any atom is -0.506 e. The van der Waals surface area contributed by atoms with Crippen LogP contribution in [0.1, 0.15) is 0 Å². The molecule has 1 aromatic rings. The molecule has 1 aromatic carbocycles. The van der Waals surface area contributed by atoms with Crippen LogP contribution in [0.2, 0.25) is 0 Å². The molecule has 0 saturated carbocycles. The normalized spacial score (nSPS) is 9.09. The number of phenolic OH excluding ortho intramolecular Hbond substituents is 2. The SMILES string of the molecule is O=CNc1c(O)cccc1O. The Balaban J connectivity index is 3.09. The van der Waals surface area contributed by atoms with Crippen LogP contribution in [0.25, 0.3) is 0 Å². The van der Waals surface area contributed by atoms with E-state index in [0.29, 0.717) is 6.41 Å². The topological polar surface area (TPSA) is 69.6 Å². The van der Waals surface area contributed by atoms with Gasteiger partial charge in [-0.2, -0.15) is 0 Å². The summed E-state index contributed by atoms with van der Waals surface area (Å²) in [7, 11) is 0. The summed E-state index contributed by atoms with van der Waals surface area (Å²) in [6.07, 6.45) is 0.384. The highest BCUT2D eigenvalue weighted by Crippen LogP contribution is 2.31. The minimum atomic E-state index is -0.155. The lowest BCUT2D eigenvalue weighted by Gasteiger charge is -2.03. The molecule has 1 rings (SSSR count). The van der Waals surface area contributed by atoms with Crippen LogP contribution in [0.3, 0.4) is 0 Å². The quantitative estimate of drug-likeness (QED) is 0.432. The van der Waals surface area contributed by atoms with Gasteiger partial charge in [-0.3, -0.25) is 4.79 Å². The molecular formula is C7H7NO3. The third-order valence-electron chi connectivity index (χ3n) is 1.22. The van der Waals surface area contributed by atoms with Crippen LogP contribution in [0.4, 0.5) is 5.69 Å². The molecule has 0 bridgehead atoms. The van der Waals surface area contributed by atoms with E-state index in [0.717, 1.165) is 0 Å². The average Bonchev–Trinajstić information content (AvgIpc) is 1.97. The second-order valence-electron chi connectivity index (χ2n) is 1.93. The van der Waals surface area contributed by atoms with Gasteiger partial charge in [0.1, 0.15) is 17.2 Å². The highest BCUT2D eigenvalue weighted by molar-refractivity contribution is 5.79. The molecular weight excluding hydrogens is 146 g/mol. The van der Waals surface area contributed by atoms with Crippen molar-refractivity contribution >= 4 is 12.1 Å². The molecule has 4 nitrogen and oxygen atoms in total. The van der Waals surface area contributed by atoms with Crippen LogP contribution in [-0.2, 0) is 4.79 Å². The number of aromatic hydroxyl groups is 2. The van der Waals surface area contributed by atoms with Crippen LogP contribution >= 0.6 is 0 Å². The molecule has 0 aliphatic heterocycles. The van der Waals surface area contributed by atoms with Gasteiger partial charge in [0.05, 0.1) is 0 Å². The lowest BCUT2D eigenvalue weighted by molar-refractivity contribution is -0.105. The molecule has 0 aromatic heterocycles. The van der Waals surface area contributed by atoms with Crippen molar-refractivity contribution in [3.05, 3.63) is 18.2 Å². The van der Waals surface area contributed by atoms with E-state index in [-0.39, 0.29) is 17.2 Å². The Labute approximate surface area is 63.1 Å². The fraction of sp³-hybridized carbons (Fsp3) is 0. The van der Waals surface area contributed by atoms with Gasteiger partial charge in [0.25, 0.3) is 0 Å². The van der Waals surface area contributed by atoms with Crippen molar-refractivity contribution in [2.45, 2.75) is 0 Å². The fourth-order valence-corrected chi connectivity index (χ4v) is 0.735. The maximum atomic E-state index is 9.95. The highest BCUT2D eigenvalue weighted by Gasteiger charge is 2.03. The molecule has 0 radical (unpaired) electrons. The van der Waals surface area contributed by atoms with Gasteiger partial charge in [-0.15, -0.1) is 0 Å². The van der Waals surface area contributed by atoms with Gasteiger partial charge >= 0.3 is 0 Å². The third kappa shape index (κ3) is 1.40. The lowest BCUT2D eigenvalue weighted by Crippen LogP contribution is -1.93. The molecule has 0 unspecified atom stereocenters. The summed E-state index contributed by atoms with van der Waals surface area (Å²) in [6, 6.07) is 4.21. The molecule has 3 N–H and O–H groups in total. The predicted octanol–water partition coefficient (Wildman–Crippen LogP) is 0.666. The Morgan fingerprint density at radius 3 is 2.27 bits per heavy atom. The standard InChI is InChI=1S/C7H7NO3/c9-4-8-7-5(10)2-1-3-6(7)11/h1-4,10-11H,(H,8,9). The van der Waals surface area contributed by atoms with Crippen LogP contribution in [-0.4, -0.2) is 16.6 Å². The summed E-state index contributed by atoms with van der Waals surface area (Å²) in [5.41, 5.74) is 0.0301. The zero-order valence-corrected chi connectivity index (χ0v) is 5.61. The first-order valence-corrected chi connectivity index (χ1v) is 2.97.